The number of hydrogen-bond donors (Lipinski definition) is 0. The number of carbonyl (C=O) groups excluding carboxylic acids is 1. The van der Waals surface area contributed by atoms with Gasteiger partial charge in [0.1, 0.15) is 18.1 Å². The lowest BCUT2D eigenvalue weighted by Crippen LogP contribution is -2.48. The first-order valence-electron chi connectivity index (χ1n) is 9.95. The molecule has 3 aromatic rings. The van der Waals surface area contributed by atoms with Crippen LogP contribution in [0.5, 0.6) is 5.75 Å². The van der Waals surface area contributed by atoms with Crippen molar-refractivity contribution in [1.82, 2.24) is 19.6 Å². The quantitative estimate of drug-likeness (QED) is 0.601. The average Bonchev–Trinajstić information content (AvgIpc) is 3.37. The zero-order valence-corrected chi connectivity index (χ0v) is 17.9. The Balaban J connectivity index is 1.30. The Bertz CT molecular complexity index is 1000. The van der Waals surface area contributed by atoms with E-state index in [1.54, 1.807) is 22.9 Å². The van der Waals surface area contributed by atoms with Crippen LogP contribution in [0.2, 0.25) is 5.02 Å². The summed E-state index contributed by atoms with van der Waals surface area (Å²) in [6.07, 6.45) is 3.90. The molecule has 0 N–H and O–H groups in total. The highest BCUT2D eigenvalue weighted by molar-refractivity contribution is 6.32. The first-order chi connectivity index (χ1) is 14.5. The summed E-state index contributed by atoms with van der Waals surface area (Å²) >= 11 is 6.19. The third-order valence-corrected chi connectivity index (χ3v) is 5.52. The number of aryl methyl sites for hydroxylation is 2. The van der Waals surface area contributed by atoms with Gasteiger partial charge in [-0.2, -0.15) is 5.10 Å². The zero-order chi connectivity index (χ0) is 21.1. The summed E-state index contributed by atoms with van der Waals surface area (Å²) in [6, 6.07) is 9.09. The molecule has 1 aliphatic rings. The molecule has 1 aromatic carbocycles. The van der Waals surface area contributed by atoms with Crippen molar-refractivity contribution < 1.29 is 13.9 Å². The number of aromatic nitrogens is 2. The van der Waals surface area contributed by atoms with Gasteiger partial charge in [0.05, 0.1) is 11.2 Å². The molecular weight excluding hydrogens is 404 g/mol. The topological polar surface area (TPSA) is 63.7 Å². The van der Waals surface area contributed by atoms with E-state index in [9.17, 15) is 4.79 Å². The number of rotatable bonds is 6. The van der Waals surface area contributed by atoms with Gasteiger partial charge in [-0.1, -0.05) is 23.7 Å². The fourth-order valence-corrected chi connectivity index (χ4v) is 3.87. The van der Waals surface area contributed by atoms with Crippen molar-refractivity contribution in [2.45, 2.75) is 20.1 Å². The Kier molecular flexibility index (Phi) is 6.11. The van der Waals surface area contributed by atoms with E-state index in [0.717, 1.165) is 25.2 Å². The van der Waals surface area contributed by atoms with Gasteiger partial charge in [0.2, 0.25) is 0 Å². The number of para-hydroxylation sites is 1. The molecule has 1 amide bonds. The van der Waals surface area contributed by atoms with Gasteiger partial charge in [0, 0.05) is 51.5 Å². The molecule has 0 bridgehead atoms. The third-order valence-electron chi connectivity index (χ3n) is 5.22. The highest BCUT2D eigenvalue weighted by atomic mass is 35.5. The van der Waals surface area contributed by atoms with Crippen molar-refractivity contribution in [1.29, 1.82) is 0 Å². The second-order valence-electron chi connectivity index (χ2n) is 7.53. The lowest BCUT2D eigenvalue weighted by atomic mass is 10.2. The van der Waals surface area contributed by atoms with Crippen LogP contribution < -0.4 is 4.74 Å². The molecule has 0 spiro atoms. The van der Waals surface area contributed by atoms with Crippen LogP contribution in [0.25, 0.3) is 0 Å². The summed E-state index contributed by atoms with van der Waals surface area (Å²) in [6.45, 7) is 5.99. The number of amides is 1. The summed E-state index contributed by atoms with van der Waals surface area (Å²) < 4.78 is 13.3. The molecule has 0 saturated carbocycles. The van der Waals surface area contributed by atoms with Gasteiger partial charge < -0.3 is 14.1 Å². The van der Waals surface area contributed by atoms with E-state index < -0.39 is 0 Å². The Labute approximate surface area is 180 Å². The number of hydrogen-bond acceptors (Lipinski definition) is 5. The Morgan fingerprint density at radius 3 is 2.70 bits per heavy atom. The second-order valence-corrected chi connectivity index (χ2v) is 7.94. The first-order valence-corrected chi connectivity index (χ1v) is 10.3. The third kappa shape index (κ3) is 4.68. The molecule has 0 unspecified atom stereocenters. The lowest BCUT2D eigenvalue weighted by Gasteiger charge is -2.34. The fourth-order valence-electron chi connectivity index (χ4n) is 3.59. The minimum absolute atomic E-state index is 0.0869. The standard InChI is InChI=1S/C22H25ClN4O3/c1-16-4-3-5-19(23)21(16)29-15-18-6-7-20(30-18)22(28)27-10-8-26(9-11-27)14-17-12-24-25(2)13-17/h3-7,12-13H,8-11,14-15H2,1-2H3. The molecule has 0 radical (unpaired) electrons. The van der Waals surface area contributed by atoms with E-state index in [-0.39, 0.29) is 12.5 Å². The summed E-state index contributed by atoms with van der Waals surface area (Å²) in [5.74, 6) is 1.47. The van der Waals surface area contributed by atoms with E-state index in [1.807, 2.05) is 43.4 Å². The largest absolute Gasteiger partial charge is 0.484 e. The van der Waals surface area contributed by atoms with Gasteiger partial charge in [-0.25, -0.2) is 0 Å². The predicted octanol–water partition coefficient (Wildman–Crippen LogP) is 3.51. The highest BCUT2D eigenvalue weighted by Gasteiger charge is 2.24. The maximum Gasteiger partial charge on any atom is 0.289 e. The van der Waals surface area contributed by atoms with Gasteiger partial charge in [0.25, 0.3) is 5.91 Å². The van der Waals surface area contributed by atoms with E-state index in [4.69, 9.17) is 20.8 Å². The van der Waals surface area contributed by atoms with Crippen molar-refractivity contribution >= 4 is 17.5 Å². The molecule has 7 nitrogen and oxygen atoms in total. The molecule has 0 atom stereocenters. The normalized spacial score (nSPS) is 14.8. The molecule has 0 aliphatic carbocycles. The predicted molar refractivity (Wildman–Crippen MR) is 114 cm³/mol. The Hall–Kier alpha value is -2.77. The van der Waals surface area contributed by atoms with Crippen LogP contribution in [0.15, 0.2) is 47.1 Å². The molecule has 1 aliphatic heterocycles. The molecule has 30 heavy (non-hydrogen) atoms. The SMILES string of the molecule is Cc1cccc(Cl)c1OCc1ccc(C(=O)N2CCN(Cc3cnn(C)c3)CC2)o1. The van der Waals surface area contributed by atoms with Gasteiger partial charge in [0.15, 0.2) is 5.76 Å². The lowest BCUT2D eigenvalue weighted by molar-refractivity contribution is 0.0594. The monoisotopic (exact) mass is 428 g/mol. The molecule has 2 aromatic heterocycles. The minimum atomic E-state index is -0.0869. The van der Waals surface area contributed by atoms with Crippen LogP contribution in [0.3, 0.4) is 0 Å². The number of nitrogens with zero attached hydrogens (tertiary/aromatic N) is 4. The average molecular weight is 429 g/mol. The Morgan fingerprint density at radius 2 is 2.00 bits per heavy atom. The number of piperazine rings is 1. The number of ether oxygens (including phenoxy) is 1. The van der Waals surface area contributed by atoms with Crippen molar-refractivity contribution in [2.75, 3.05) is 26.2 Å². The van der Waals surface area contributed by atoms with Gasteiger partial charge in [-0.3, -0.25) is 14.4 Å². The van der Waals surface area contributed by atoms with Crippen molar-refractivity contribution in [3.63, 3.8) is 0 Å². The highest BCUT2D eigenvalue weighted by Crippen LogP contribution is 2.29. The van der Waals surface area contributed by atoms with E-state index in [0.29, 0.717) is 35.4 Å². The van der Waals surface area contributed by atoms with Crippen molar-refractivity contribution in [3.05, 3.63) is 70.4 Å². The zero-order valence-electron chi connectivity index (χ0n) is 17.2. The van der Waals surface area contributed by atoms with Gasteiger partial charge >= 0.3 is 0 Å². The fraction of sp³-hybridized carbons (Fsp3) is 0.364. The maximum atomic E-state index is 12.8. The van der Waals surface area contributed by atoms with E-state index in [1.165, 1.54) is 5.56 Å². The van der Waals surface area contributed by atoms with Crippen LogP contribution in [0.1, 0.15) is 27.4 Å². The molecule has 1 saturated heterocycles. The molecule has 8 heteroatoms. The van der Waals surface area contributed by atoms with Crippen LogP contribution in [0, 0.1) is 6.92 Å². The number of halogens is 1. The molecule has 158 valence electrons. The molecule has 4 rings (SSSR count). The van der Waals surface area contributed by atoms with Gasteiger partial charge in [-0.15, -0.1) is 0 Å². The summed E-state index contributed by atoms with van der Waals surface area (Å²) in [5.41, 5.74) is 2.14. The van der Waals surface area contributed by atoms with Crippen LogP contribution in [0.4, 0.5) is 0 Å². The molecule has 1 fully saturated rings. The Morgan fingerprint density at radius 1 is 1.20 bits per heavy atom. The molecule has 3 heterocycles. The molecular formula is C22H25ClN4O3. The summed E-state index contributed by atoms with van der Waals surface area (Å²) in [7, 11) is 1.92. The number of furan rings is 1. The van der Waals surface area contributed by atoms with Crippen molar-refractivity contribution in [3.8, 4) is 5.75 Å². The summed E-state index contributed by atoms with van der Waals surface area (Å²) in [4.78, 5) is 17.0. The number of carbonyl (C=O) groups is 1. The van der Waals surface area contributed by atoms with Crippen LogP contribution in [-0.2, 0) is 20.2 Å². The first kappa shape index (κ1) is 20.5. The van der Waals surface area contributed by atoms with E-state index in [2.05, 4.69) is 10.00 Å². The van der Waals surface area contributed by atoms with Gasteiger partial charge in [-0.05, 0) is 30.7 Å². The maximum absolute atomic E-state index is 12.8. The summed E-state index contributed by atoms with van der Waals surface area (Å²) in [5, 5.41) is 4.76. The van der Waals surface area contributed by atoms with Crippen LogP contribution in [-0.4, -0.2) is 51.7 Å². The smallest absolute Gasteiger partial charge is 0.289 e. The minimum Gasteiger partial charge on any atom is -0.484 e. The van der Waals surface area contributed by atoms with Crippen molar-refractivity contribution in [2.24, 2.45) is 7.05 Å². The van der Waals surface area contributed by atoms with E-state index >= 15 is 0 Å². The van der Waals surface area contributed by atoms with Crippen LogP contribution >= 0.6 is 11.6 Å². The number of benzene rings is 1. The second kappa shape index (κ2) is 8.93.